The van der Waals surface area contributed by atoms with Crippen molar-refractivity contribution in [1.82, 2.24) is 0 Å². The van der Waals surface area contributed by atoms with Gasteiger partial charge in [0.15, 0.2) is 0 Å². The largest absolute Gasteiger partial charge is 1.00 e. The Kier molecular flexibility index (Phi) is 18.0. The molecule has 0 spiro atoms. The Labute approximate surface area is 162 Å². The van der Waals surface area contributed by atoms with Gasteiger partial charge in [-0.15, -0.1) is 35.2 Å². The van der Waals surface area contributed by atoms with E-state index in [0.717, 1.165) is 6.42 Å². The van der Waals surface area contributed by atoms with E-state index in [4.69, 9.17) is 10.8 Å². The van der Waals surface area contributed by atoms with Crippen molar-refractivity contribution < 1.29 is 54.2 Å². The summed E-state index contributed by atoms with van der Waals surface area (Å²) in [6.45, 7) is 7.93. The molecule has 5 heteroatoms. The molecule has 0 aliphatic rings. The summed E-state index contributed by atoms with van der Waals surface area (Å²) < 4.78 is 1.38. The summed E-state index contributed by atoms with van der Waals surface area (Å²) in [6, 6.07) is 14.7. The molecule has 124 valence electrons. The van der Waals surface area contributed by atoms with Crippen molar-refractivity contribution in [2.45, 2.75) is 39.7 Å². The predicted molar refractivity (Wildman–Crippen MR) is 86.0 cm³/mol. The molecule has 0 atom stereocenters. The second kappa shape index (κ2) is 14.7. The van der Waals surface area contributed by atoms with Gasteiger partial charge in [-0.05, 0) is 0 Å². The Hall–Kier alpha value is 0.0831. The van der Waals surface area contributed by atoms with Gasteiger partial charge < -0.3 is 30.5 Å². The Morgan fingerprint density at radius 3 is 2.05 bits per heavy atom. The van der Waals surface area contributed by atoms with E-state index in [1.807, 2.05) is 20.8 Å². The van der Waals surface area contributed by atoms with Gasteiger partial charge in [-0.2, -0.15) is 17.5 Å². The Morgan fingerprint density at radius 2 is 1.68 bits per heavy atom. The van der Waals surface area contributed by atoms with Crippen molar-refractivity contribution >= 4 is 14.0 Å². The summed E-state index contributed by atoms with van der Waals surface area (Å²) >= 11 is 1.44. The van der Waals surface area contributed by atoms with E-state index in [-0.39, 0.29) is 30.4 Å². The summed E-state index contributed by atoms with van der Waals surface area (Å²) in [5.41, 5.74) is 6.69. The van der Waals surface area contributed by atoms with Crippen molar-refractivity contribution in [1.29, 1.82) is 0 Å². The fraction of sp³-hybridized carbons (Fsp3) is 0.412. The van der Waals surface area contributed by atoms with Crippen molar-refractivity contribution in [2.75, 3.05) is 6.61 Å². The third kappa shape index (κ3) is 18.1. The Bertz CT molecular complexity index is 470. The quantitative estimate of drug-likeness (QED) is 0.591. The van der Waals surface area contributed by atoms with E-state index in [1.165, 1.54) is 38.2 Å². The van der Waals surface area contributed by atoms with Crippen LogP contribution in [0.2, 0.25) is 0 Å². The van der Waals surface area contributed by atoms with Crippen LogP contribution < -0.4 is 24.8 Å². The molecule has 0 amide bonds. The molecule has 0 aliphatic heterocycles. The SMILES string of the molecule is CC(C)(C)[NH-].C[C](=[Zr+2])CCO.[Cl-].[Cl-].c1ccc2[cH-]ccc2c1. The van der Waals surface area contributed by atoms with Crippen LogP contribution in [0.3, 0.4) is 0 Å². The third-order valence-electron chi connectivity index (χ3n) is 2.03. The normalized spacial score (nSPS) is 9.27. The van der Waals surface area contributed by atoms with Crippen LogP contribution in [-0.2, 0) is 24.2 Å². The van der Waals surface area contributed by atoms with Gasteiger partial charge in [-0.1, -0.05) is 26.8 Å². The Morgan fingerprint density at radius 1 is 1.18 bits per heavy atom. The topological polar surface area (TPSA) is 44.0 Å². The number of hydrogen-bond donors (Lipinski definition) is 1. The average Bonchev–Trinajstić information content (AvgIpc) is 2.75. The van der Waals surface area contributed by atoms with E-state index in [2.05, 4.69) is 49.4 Å². The fourth-order valence-electron chi connectivity index (χ4n) is 1.24. The summed E-state index contributed by atoms with van der Waals surface area (Å²) in [7, 11) is 0. The first kappa shape index (κ1) is 27.0. The van der Waals surface area contributed by atoms with Crippen molar-refractivity contribution in [3.05, 3.63) is 48.2 Å². The fourth-order valence-corrected chi connectivity index (χ4v) is 1.51. The number of hydrogen-bond acceptors (Lipinski definition) is 1. The maximum absolute atomic E-state index is 8.23. The maximum Gasteiger partial charge on any atom is -0.0809 e. The smallest absolute Gasteiger partial charge is 0.0809 e. The minimum Gasteiger partial charge on any atom is -1.00 e. The number of rotatable bonds is 2. The maximum atomic E-state index is 8.23. The van der Waals surface area contributed by atoms with Crippen LogP contribution in [0.4, 0.5) is 0 Å². The first-order valence-electron chi connectivity index (χ1n) is 6.74. The van der Waals surface area contributed by atoms with Crippen LogP contribution in [0.5, 0.6) is 0 Å². The second-order valence-corrected chi connectivity index (χ2v) is 7.76. The van der Waals surface area contributed by atoms with Crippen LogP contribution in [0.1, 0.15) is 34.1 Å². The molecule has 22 heavy (non-hydrogen) atoms. The third-order valence-corrected chi connectivity index (χ3v) is 2.65. The van der Waals surface area contributed by atoms with Crippen LogP contribution in [0, 0.1) is 0 Å². The molecule has 0 aliphatic carbocycles. The molecule has 0 aromatic heterocycles. The number of nitrogens with one attached hydrogen (secondary N) is 1. The number of fused-ring (bicyclic) bond motifs is 1. The van der Waals surface area contributed by atoms with E-state index >= 15 is 0 Å². The number of aliphatic hydroxyl groups excluding tert-OH is 1. The molecule has 2 aromatic carbocycles. The number of benzene rings is 1. The molecule has 2 nitrogen and oxygen atoms in total. The first-order chi connectivity index (χ1) is 9.24. The van der Waals surface area contributed by atoms with Crippen molar-refractivity contribution in [3.63, 3.8) is 0 Å². The number of halogens is 2. The molecule has 0 unspecified atom stereocenters. The van der Waals surface area contributed by atoms with E-state index in [1.54, 1.807) is 0 Å². The van der Waals surface area contributed by atoms with Gasteiger partial charge in [-0.3, -0.25) is 0 Å². The molecule has 2 N–H and O–H groups in total. The molecule has 0 fully saturated rings. The molecule has 0 bridgehead atoms. The summed E-state index contributed by atoms with van der Waals surface area (Å²) in [4.78, 5) is 0. The zero-order chi connectivity index (χ0) is 15.6. The molecule has 0 saturated heterocycles. The van der Waals surface area contributed by atoms with Gasteiger partial charge in [0.05, 0.1) is 0 Å². The van der Waals surface area contributed by atoms with Crippen LogP contribution in [-0.4, -0.2) is 20.5 Å². The van der Waals surface area contributed by atoms with Crippen LogP contribution >= 0.6 is 0 Å². The molecule has 0 saturated carbocycles. The summed E-state index contributed by atoms with van der Waals surface area (Å²) in [5, 5.41) is 10.9. The standard InChI is InChI=1S/C9H7.C4H10N.C4H8O.2ClH.Zr/c1-2-5-9-7-3-6-8(9)4-1;1-4(2,3)5;1-2-3-4-5;;;/h1-7H;5H,1-3H3;5H,3-4H2,1H3;2*1H;/q2*-1;;;;+2/p-2. The minimum atomic E-state index is -0.250. The van der Waals surface area contributed by atoms with Crippen LogP contribution in [0.25, 0.3) is 16.5 Å². The zero-order valence-electron chi connectivity index (χ0n) is 13.7. The molecule has 0 radical (unpaired) electrons. The van der Waals surface area contributed by atoms with Gasteiger partial charge in [0.25, 0.3) is 0 Å². The molecular formula is C17H25Cl2NOZr-2. The van der Waals surface area contributed by atoms with Gasteiger partial charge in [0, 0.05) is 0 Å². The van der Waals surface area contributed by atoms with E-state index < -0.39 is 0 Å². The van der Waals surface area contributed by atoms with Crippen molar-refractivity contribution in [3.8, 4) is 0 Å². The Balaban J connectivity index is -0.000000250. The average molecular weight is 422 g/mol. The van der Waals surface area contributed by atoms with Crippen molar-refractivity contribution in [2.24, 2.45) is 0 Å². The monoisotopic (exact) mass is 419 g/mol. The first-order valence-corrected chi connectivity index (χ1v) is 7.97. The van der Waals surface area contributed by atoms with Gasteiger partial charge >= 0.3 is 52.5 Å². The molecular weight excluding hydrogens is 396 g/mol. The van der Waals surface area contributed by atoms with E-state index in [9.17, 15) is 0 Å². The molecule has 2 aromatic rings. The van der Waals surface area contributed by atoms with Gasteiger partial charge in [-0.25, -0.2) is 0 Å². The summed E-state index contributed by atoms with van der Waals surface area (Å²) in [5.74, 6) is 0. The summed E-state index contributed by atoms with van der Waals surface area (Å²) in [6.07, 6.45) is 0.887. The van der Waals surface area contributed by atoms with Crippen LogP contribution in [0.15, 0.2) is 42.5 Å². The van der Waals surface area contributed by atoms with Gasteiger partial charge in [0.1, 0.15) is 0 Å². The van der Waals surface area contributed by atoms with E-state index in [0.29, 0.717) is 6.61 Å². The zero-order valence-corrected chi connectivity index (χ0v) is 17.6. The molecule has 0 heterocycles. The molecule has 2 rings (SSSR count). The number of aliphatic hydroxyl groups is 1. The second-order valence-electron chi connectivity index (χ2n) is 5.66. The predicted octanol–water partition coefficient (Wildman–Crippen LogP) is -1.49. The van der Waals surface area contributed by atoms with Gasteiger partial charge in [0.2, 0.25) is 0 Å². The minimum absolute atomic E-state index is 0.